The first kappa shape index (κ1) is 16.3. The molecule has 2 aromatic rings. The lowest BCUT2D eigenvalue weighted by molar-refractivity contribution is -0.401. The van der Waals surface area contributed by atoms with Gasteiger partial charge < -0.3 is 5.32 Å². The highest BCUT2D eigenvalue weighted by atomic mass is 79.9. The molecule has 0 aliphatic rings. The van der Waals surface area contributed by atoms with Gasteiger partial charge in [0.25, 0.3) is 5.69 Å². The molecule has 2 rings (SSSR count). The van der Waals surface area contributed by atoms with Crippen molar-refractivity contribution in [3.63, 3.8) is 0 Å². The Morgan fingerprint density at radius 3 is 1.83 bits per heavy atom. The molecule has 0 atom stereocenters. The van der Waals surface area contributed by atoms with Gasteiger partial charge in [0.15, 0.2) is 5.69 Å². The first-order chi connectivity index (χ1) is 10.8. The van der Waals surface area contributed by atoms with E-state index in [1.165, 1.54) is 0 Å². The fraction of sp³-hybridized carbons (Fsp3) is 0. The van der Waals surface area contributed by atoms with E-state index in [-0.39, 0.29) is 0 Å². The molecule has 0 heterocycles. The molecule has 11 heteroatoms. The van der Waals surface area contributed by atoms with Gasteiger partial charge in [0, 0.05) is 4.47 Å². The molecule has 0 unspecified atom stereocenters. The highest BCUT2D eigenvalue weighted by molar-refractivity contribution is 9.10. The molecule has 0 saturated carbocycles. The van der Waals surface area contributed by atoms with E-state index in [1.54, 1.807) is 24.3 Å². The summed E-state index contributed by atoms with van der Waals surface area (Å²) in [6.07, 6.45) is 0. The van der Waals surface area contributed by atoms with Gasteiger partial charge in [-0.05, 0) is 28.1 Å². The quantitative estimate of drug-likeness (QED) is 0.609. The van der Waals surface area contributed by atoms with E-state index in [0.29, 0.717) is 22.3 Å². The Morgan fingerprint density at radius 1 is 0.870 bits per heavy atom. The zero-order valence-corrected chi connectivity index (χ0v) is 12.7. The van der Waals surface area contributed by atoms with Gasteiger partial charge in [-0.3, -0.25) is 30.3 Å². The molecule has 1 N–H and O–H groups in total. The van der Waals surface area contributed by atoms with Gasteiger partial charge in [-0.15, -0.1) is 0 Å². The number of benzene rings is 2. The Kier molecular flexibility index (Phi) is 4.50. The number of para-hydroxylation sites is 1. The van der Waals surface area contributed by atoms with Crippen molar-refractivity contribution in [3.8, 4) is 0 Å². The first-order valence-corrected chi connectivity index (χ1v) is 6.73. The summed E-state index contributed by atoms with van der Waals surface area (Å²) in [5, 5.41) is 35.7. The molecule has 0 saturated heterocycles. The zero-order chi connectivity index (χ0) is 17.1. The zero-order valence-electron chi connectivity index (χ0n) is 11.1. The van der Waals surface area contributed by atoms with Crippen molar-refractivity contribution in [2.75, 3.05) is 5.32 Å². The highest BCUT2D eigenvalue weighted by Crippen LogP contribution is 2.41. The third kappa shape index (κ3) is 3.40. The van der Waals surface area contributed by atoms with E-state index in [9.17, 15) is 30.3 Å². The summed E-state index contributed by atoms with van der Waals surface area (Å²) in [7, 11) is 0. The van der Waals surface area contributed by atoms with Crippen molar-refractivity contribution in [1.29, 1.82) is 0 Å². The topological polar surface area (TPSA) is 141 Å². The number of nitro groups is 3. The van der Waals surface area contributed by atoms with E-state index < -0.39 is 37.5 Å². The van der Waals surface area contributed by atoms with E-state index in [2.05, 4.69) is 21.2 Å². The number of hydrogen-bond acceptors (Lipinski definition) is 7. The first-order valence-electron chi connectivity index (χ1n) is 5.94. The fourth-order valence-corrected chi connectivity index (χ4v) is 2.20. The Bertz CT molecular complexity index is 790. The molecule has 0 aromatic heterocycles. The number of anilines is 2. The molecule has 0 aliphatic heterocycles. The summed E-state index contributed by atoms with van der Waals surface area (Å²) in [5.41, 5.74) is -2.35. The van der Waals surface area contributed by atoms with Crippen molar-refractivity contribution < 1.29 is 14.8 Å². The summed E-state index contributed by atoms with van der Waals surface area (Å²) in [4.78, 5) is 30.4. The van der Waals surface area contributed by atoms with Crippen molar-refractivity contribution in [3.05, 3.63) is 71.2 Å². The van der Waals surface area contributed by atoms with Crippen LogP contribution in [0.15, 0.2) is 40.9 Å². The number of halogens is 1. The molecule has 0 bridgehead atoms. The summed E-state index contributed by atoms with van der Waals surface area (Å²) >= 11 is 3.20. The van der Waals surface area contributed by atoms with Crippen LogP contribution in [0.4, 0.5) is 28.4 Å². The van der Waals surface area contributed by atoms with Crippen LogP contribution in [0.3, 0.4) is 0 Å². The second-order valence-electron chi connectivity index (χ2n) is 4.24. The number of nitrogens with zero attached hydrogens (tertiary/aromatic N) is 3. The fourth-order valence-electron chi connectivity index (χ4n) is 1.82. The van der Waals surface area contributed by atoms with Gasteiger partial charge in [-0.1, -0.05) is 12.1 Å². The molecule has 0 fully saturated rings. The highest BCUT2D eigenvalue weighted by Gasteiger charge is 2.30. The van der Waals surface area contributed by atoms with Crippen LogP contribution < -0.4 is 5.32 Å². The Hall–Kier alpha value is -3.08. The molecule has 0 aliphatic carbocycles. The summed E-state index contributed by atoms with van der Waals surface area (Å²) in [6, 6.07) is 7.83. The smallest absolute Gasteiger partial charge is 0.306 e. The number of hydrogen-bond donors (Lipinski definition) is 1. The van der Waals surface area contributed by atoms with Gasteiger partial charge in [0.1, 0.15) is 0 Å². The Morgan fingerprint density at radius 2 is 1.39 bits per heavy atom. The second-order valence-corrected chi connectivity index (χ2v) is 5.09. The lowest BCUT2D eigenvalue weighted by Crippen LogP contribution is -2.03. The summed E-state index contributed by atoms with van der Waals surface area (Å²) < 4.78 is 0.516. The van der Waals surface area contributed by atoms with Crippen LogP contribution in [-0.2, 0) is 0 Å². The third-order valence-electron chi connectivity index (χ3n) is 2.82. The average Bonchev–Trinajstić information content (AvgIpc) is 2.48. The lowest BCUT2D eigenvalue weighted by Gasteiger charge is -2.09. The van der Waals surface area contributed by atoms with Crippen molar-refractivity contribution in [2.45, 2.75) is 0 Å². The van der Waals surface area contributed by atoms with Crippen LogP contribution in [0.5, 0.6) is 0 Å². The van der Waals surface area contributed by atoms with E-state index in [0.717, 1.165) is 0 Å². The van der Waals surface area contributed by atoms with Crippen molar-refractivity contribution >= 4 is 44.4 Å². The molecular weight excluding hydrogens is 376 g/mol. The summed E-state index contributed by atoms with van der Waals surface area (Å²) in [6.45, 7) is 0. The van der Waals surface area contributed by atoms with Crippen molar-refractivity contribution in [1.82, 2.24) is 0 Å². The van der Waals surface area contributed by atoms with E-state index in [1.807, 2.05) is 0 Å². The normalized spacial score (nSPS) is 10.1. The van der Waals surface area contributed by atoms with E-state index in [4.69, 9.17) is 0 Å². The second kappa shape index (κ2) is 6.36. The van der Waals surface area contributed by atoms with Crippen LogP contribution in [0.2, 0.25) is 0 Å². The average molecular weight is 383 g/mol. The SMILES string of the molecule is O=[N+]([O-])c1cc([N+](=O)[O-])c(Nc2ccccc2Br)c([N+](=O)[O-])c1. The molecule has 118 valence electrons. The van der Waals surface area contributed by atoms with Crippen molar-refractivity contribution in [2.24, 2.45) is 0 Å². The van der Waals surface area contributed by atoms with Crippen LogP contribution in [-0.4, -0.2) is 14.8 Å². The predicted molar refractivity (Wildman–Crippen MR) is 83.8 cm³/mol. The molecule has 0 amide bonds. The maximum atomic E-state index is 11.2. The summed E-state index contributed by atoms with van der Waals surface area (Å²) in [5.74, 6) is 0. The van der Waals surface area contributed by atoms with Gasteiger partial charge in [-0.25, -0.2) is 0 Å². The minimum atomic E-state index is -0.928. The van der Waals surface area contributed by atoms with Crippen LogP contribution >= 0.6 is 15.9 Å². The Labute approximate surface area is 136 Å². The maximum absolute atomic E-state index is 11.2. The molecule has 2 aromatic carbocycles. The third-order valence-corrected chi connectivity index (χ3v) is 3.51. The predicted octanol–water partition coefficient (Wildman–Crippen LogP) is 3.92. The maximum Gasteiger partial charge on any atom is 0.306 e. The Balaban J connectivity index is 2.69. The minimum Gasteiger partial charge on any atom is -0.343 e. The van der Waals surface area contributed by atoms with E-state index >= 15 is 0 Å². The van der Waals surface area contributed by atoms with Gasteiger partial charge >= 0.3 is 11.4 Å². The van der Waals surface area contributed by atoms with Crippen LogP contribution in [0.1, 0.15) is 0 Å². The van der Waals surface area contributed by atoms with Gasteiger partial charge in [0.2, 0.25) is 0 Å². The molecule has 0 radical (unpaired) electrons. The number of nitro benzene ring substituents is 3. The van der Waals surface area contributed by atoms with Crippen LogP contribution in [0.25, 0.3) is 0 Å². The largest absolute Gasteiger partial charge is 0.343 e. The monoisotopic (exact) mass is 382 g/mol. The minimum absolute atomic E-state index is 0.340. The number of rotatable bonds is 5. The molecular formula is C12H7BrN4O6. The molecule has 10 nitrogen and oxygen atoms in total. The molecule has 0 spiro atoms. The number of non-ortho nitro benzene ring substituents is 1. The molecule has 23 heavy (non-hydrogen) atoms. The van der Waals surface area contributed by atoms with Gasteiger partial charge in [0.05, 0.1) is 32.6 Å². The number of nitrogens with one attached hydrogen (secondary N) is 1. The van der Waals surface area contributed by atoms with Gasteiger partial charge in [-0.2, -0.15) is 0 Å². The standard InChI is InChI=1S/C12H7BrN4O6/c13-8-3-1-2-4-9(8)14-12-10(16(20)21)5-7(15(18)19)6-11(12)17(22)23/h1-6,14H. The van der Waals surface area contributed by atoms with Crippen LogP contribution in [0, 0.1) is 30.3 Å². The lowest BCUT2D eigenvalue weighted by atomic mass is 10.2.